The van der Waals surface area contributed by atoms with Crippen LogP contribution in [0.1, 0.15) is 37.2 Å². The Labute approximate surface area is 101 Å². The lowest BCUT2D eigenvalue weighted by Gasteiger charge is -2.16. The Hall–Kier alpha value is -1.77. The van der Waals surface area contributed by atoms with E-state index >= 15 is 0 Å². The van der Waals surface area contributed by atoms with Crippen molar-refractivity contribution >= 4 is 5.69 Å². The molecule has 0 radical (unpaired) electrons. The minimum atomic E-state index is 0.359. The molecular weight excluding hydrogens is 210 g/mol. The van der Waals surface area contributed by atoms with Crippen molar-refractivity contribution in [1.82, 2.24) is 9.78 Å². The zero-order valence-corrected chi connectivity index (χ0v) is 10.2. The van der Waals surface area contributed by atoms with Gasteiger partial charge in [0.15, 0.2) is 0 Å². The Balaban J connectivity index is 1.91. The van der Waals surface area contributed by atoms with E-state index in [0.717, 1.165) is 6.42 Å². The third kappa shape index (κ3) is 1.71. The van der Waals surface area contributed by atoms with Gasteiger partial charge in [0.05, 0.1) is 11.7 Å². The van der Waals surface area contributed by atoms with Crippen molar-refractivity contribution in [2.75, 3.05) is 5.32 Å². The molecule has 0 saturated carbocycles. The van der Waals surface area contributed by atoms with Crippen LogP contribution in [0.4, 0.5) is 5.69 Å². The lowest BCUT2D eigenvalue weighted by molar-refractivity contribution is 0.496. The maximum Gasteiger partial charge on any atom is 0.0723 e. The molecule has 1 unspecified atom stereocenters. The van der Waals surface area contributed by atoms with Crippen molar-refractivity contribution in [3.63, 3.8) is 0 Å². The lowest BCUT2D eigenvalue weighted by atomic mass is 10.1. The second-order valence-corrected chi connectivity index (χ2v) is 4.85. The fourth-order valence-electron chi connectivity index (χ4n) is 2.51. The van der Waals surface area contributed by atoms with Crippen LogP contribution in [-0.4, -0.2) is 9.78 Å². The molecule has 0 aliphatic carbocycles. The van der Waals surface area contributed by atoms with E-state index in [1.807, 2.05) is 6.20 Å². The Bertz CT molecular complexity index is 503. The molecule has 1 aromatic carbocycles. The molecular formula is C14H17N3. The van der Waals surface area contributed by atoms with Crippen molar-refractivity contribution in [1.29, 1.82) is 0 Å². The summed E-state index contributed by atoms with van der Waals surface area (Å²) in [5.41, 5.74) is 3.93. The number of para-hydroxylation sites is 1. The molecule has 2 aromatic rings. The molecule has 3 rings (SSSR count). The van der Waals surface area contributed by atoms with Crippen LogP contribution in [0, 0.1) is 0 Å². The van der Waals surface area contributed by atoms with Gasteiger partial charge in [-0.1, -0.05) is 18.2 Å². The minimum absolute atomic E-state index is 0.359. The minimum Gasteiger partial charge on any atom is -0.376 e. The summed E-state index contributed by atoms with van der Waals surface area (Å²) in [6, 6.07) is 11.4. The SMILES string of the molecule is CC(C)n1nccc1C1Cc2ccccc2N1. The number of nitrogens with zero attached hydrogens (tertiary/aromatic N) is 2. The van der Waals surface area contributed by atoms with Crippen LogP contribution in [0.25, 0.3) is 0 Å². The zero-order chi connectivity index (χ0) is 11.8. The van der Waals surface area contributed by atoms with E-state index in [2.05, 4.69) is 59.3 Å². The van der Waals surface area contributed by atoms with Gasteiger partial charge >= 0.3 is 0 Å². The highest BCUT2D eigenvalue weighted by Crippen LogP contribution is 2.34. The first kappa shape index (κ1) is 10.4. The maximum absolute atomic E-state index is 4.40. The quantitative estimate of drug-likeness (QED) is 0.854. The predicted octanol–water partition coefficient (Wildman–Crippen LogP) is 3.17. The zero-order valence-electron chi connectivity index (χ0n) is 10.2. The summed E-state index contributed by atoms with van der Waals surface area (Å²) in [6.07, 6.45) is 2.94. The molecule has 3 heteroatoms. The maximum atomic E-state index is 4.40. The van der Waals surface area contributed by atoms with Gasteiger partial charge in [0.1, 0.15) is 0 Å². The molecule has 0 saturated heterocycles. The number of nitrogens with one attached hydrogen (secondary N) is 1. The summed E-state index contributed by atoms with van der Waals surface area (Å²) in [5.74, 6) is 0. The summed E-state index contributed by atoms with van der Waals surface area (Å²) < 4.78 is 2.10. The van der Waals surface area contributed by atoms with Crippen LogP contribution >= 0.6 is 0 Å². The van der Waals surface area contributed by atoms with Crippen molar-refractivity contribution < 1.29 is 0 Å². The Morgan fingerprint density at radius 3 is 2.88 bits per heavy atom. The van der Waals surface area contributed by atoms with E-state index in [4.69, 9.17) is 0 Å². The van der Waals surface area contributed by atoms with Crippen LogP contribution in [0.3, 0.4) is 0 Å². The molecule has 0 spiro atoms. The molecule has 17 heavy (non-hydrogen) atoms. The van der Waals surface area contributed by atoms with Gasteiger partial charge in [0.2, 0.25) is 0 Å². The average molecular weight is 227 g/mol. The van der Waals surface area contributed by atoms with Gasteiger partial charge in [-0.15, -0.1) is 0 Å². The largest absolute Gasteiger partial charge is 0.376 e. The van der Waals surface area contributed by atoms with Gasteiger partial charge in [0.25, 0.3) is 0 Å². The molecule has 88 valence electrons. The summed E-state index contributed by atoms with van der Waals surface area (Å²) in [5, 5.41) is 7.97. The molecule has 0 bridgehead atoms. The smallest absolute Gasteiger partial charge is 0.0723 e. The van der Waals surface area contributed by atoms with E-state index in [0.29, 0.717) is 12.1 Å². The number of benzene rings is 1. The fourth-order valence-corrected chi connectivity index (χ4v) is 2.51. The van der Waals surface area contributed by atoms with E-state index < -0.39 is 0 Å². The van der Waals surface area contributed by atoms with Crippen molar-refractivity contribution in [2.45, 2.75) is 32.4 Å². The van der Waals surface area contributed by atoms with Crippen LogP contribution < -0.4 is 5.32 Å². The summed E-state index contributed by atoms with van der Waals surface area (Å²) in [4.78, 5) is 0. The van der Waals surface area contributed by atoms with Gasteiger partial charge in [-0.2, -0.15) is 5.10 Å². The number of hydrogen-bond acceptors (Lipinski definition) is 2. The average Bonchev–Trinajstić information content (AvgIpc) is 2.95. The summed E-state index contributed by atoms with van der Waals surface area (Å²) >= 11 is 0. The van der Waals surface area contributed by atoms with E-state index in [-0.39, 0.29) is 0 Å². The van der Waals surface area contributed by atoms with E-state index in [9.17, 15) is 0 Å². The Kier molecular flexibility index (Phi) is 2.39. The molecule has 1 atom stereocenters. The van der Waals surface area contributed by atoms with Crippen molar-refractivity contribution in [2.24, 2.45) is 0 Å². The second kappa shape index (κ2) is 3.91. The Morgan fingerprint density at radius 1 is 1.29 bits per heavy atom. The highest BCUT2D eigenvalue weighted by molar-refractivity contribution is 5.57. The normalized spacial score (nSPS) is 18.2. The highest BCUT2D eigenvalue weighted by Gasteiger charge is 2.24. The van der Waals surface area contributed by atoms with E-state index in [1.54, 1.807) is 0 Å². The van der Waals surface area contributed by atoms with Gasteiger partial charge in [0, 0.05) is 24.3 Å². The first-order valence-corrected chi connectivity index (χ1v) is 6.13. The van der Waals surface area contributed by atoms with Crippen molar-refractivity contribution in [3.05, 3.63) is 47.8 Å². The molecule has 3 nitrogen and oxygen atoms in total. The topological polar surface area (TPSA) is 29.9 Å². The molecule has 1 N–H and O–H groups in total. The lowest BCUT2D eigenvalue weighted by Crippen LogP contribution is -2.15. The molecule has 1 aromatic heterocycles. The standard InChI is InChI=1S/C14H17N3/c1-10(2)17-14(7-8-15-17)13-9-11-5-3-4-6-12(11)16-13/h3-8,10,13,16H,9H2,1-2H3. The number of anilines is 1. The van der Waals surface area contributed by atoms with Crippen LogP contribution in [0.5, 0.6) is 0 Å². The third-order valence-electron chi connectivity index (χ3n) is 3.32. The molecule has 1 aliphatic rings. The monoisotopic (exact) mass is 227 g/mol. The number of hydrogen-bond donors (Lipinski definition) is 1. The molecule has 0 fully saturated rings. The fraction of sp³-hybridized carbons (Fsp3) is 0.357. The molecule has 2 heterocycles. The molecule has 0 amide bonds. The van der Waals surface area contributed by atoms with Gasteiger partial charge in [-0.05, 0) is 31.5 Å². The molecule has 1 aliphatic heterocycles. The summed E-state index contributed by atoms with van der Waals surface area (Å²) in [7, 11) is 0. The predicted molar refractivity (Wildman–Crippen MR) is 69.1 cm³/mol. The van der Waals surface area contributed by atoms with Gasteiger partial charge < -0.3 is 5.32 Å². The van der Waals surface area contributed by atoms with Crippen molar-refractivity contribution in [3.8, 4) is 0 Å². The number of fused-ring (bicyclic) bond motifs is 1. The third-order valence-corrected chi connectivity index (χ3v) is 3.32. The van der Waals surface area contributed by atoms with Crippen LogP contribution in [-0.2, 0) is 6.42 Å². The number of rotatable bonds is 2. The first-order chi connectivity index (χ1) is 8.25. The Morgan fingerprint density at radius 2 is 2.12 bits per heavy atom. The second-order valence-electron chi connectivity index (χ2n) is 4.85. The first-order valence-electron chi connectivity index (χ1n) is 6.13. The van der Waals surface area contributed by atoms with Gasteiger partial charge in [-0.25, -0.2) is 0 Å². The van der Waals surface area contributed by atoms with Crippen LogP contribution in [0.2, 0.25) is 0 Å². The number of aromatic nitrogens is 2. The highest BCUT2D eigenvalue weighted by atomic mass is 15.3. The van der Waals surface area contributed by atoms with E-state index in [1.165, 1.54) is 16.9 Å². The summed E-state index contributed by atoms with van der Waals surface area (Å²) in [6.45, 7) is 4.33. The van der Waals surface area contributed by atoms with Gasteiger partial charge in [-0.3, -0.25) is 4.68 Å². The van der Waals surface area contributed by atoms with Crippen LogP contribution in [0.15, 0.2) is 36.5 Å².